The molecule has 0 amide bonds. The second-order valence-corrected chi connectivity index (χ2v) is 3.47. The third-order valence-corrected chi connectivity index (χ3v) is 2.32. The fourth-order valence-corrected chi connectivity index (χ4v) is 1.50. The van der Waals surface area contributed by atoms with Crippen LogP contribution < -0.4 is 5.73 Å². The molecule has 4 N–H and O–H groups in total. The number of rotatable bonds is 2. The Kier molecular flexibility index (Phi) is 2.17. The molecular weight excluding hydrogens is 194 g/mol. The van der Waals surface area contributed by atoms with Crippen LogP contribution in [-0.2, 0) is 4.79 Å². The Morgan fingerprint density at radius 2 is 2.33 bits per heavy atom. The minimum atomic E-state index is -1.07. The average Bonchev–Trinajstić information content (AvgIpc) is 2.59. The molecule has 0 bridgehead atoms. The molecule has 0 aliphatic carbocycles. The van der Waals surface area contributed by atoms with Gasteiger partial charge in [-0.05, 0) is 18.6 Å². The topological polar surface area (TPSA) is 92.0 Å². The van der Waals surface area contributed by atoms with Crippen molar-refractivity contribution in [2.75, 3.05) is 0 Å². The molecule has 0 aliphatic rings. The Balaban J connectivity index is 2.59. The number of nitrogens with two attached hydrogens (primary N) is 1. The van der Waals surface area contributed by atoms with Crippen LogP contribution in [0.4, 0.5) is 0 Å². The van der Waals surface area contributed by atoms with E-state index in [-0.39, 0.29) is 0 Å². The summed E-state index contributed by atoms with van der Waals surface area (Å²) in [7, 11) is 0. The number of hydrogen-bond acceptors (Lipinski definition) is 3. The van der Waals surface area contributed by atoms with Gasteiger partial charge in [0.05, 0.1) is 11.2 Å². The monoisotopic (exact) mass is 205 g/mol. The zero-order chi connectivity index (χ0) is 11.0. The summed E-state index contributed by atoms with van der Waals surface area (Å²) in [5, 5.41) is 16.2. The summed E-state index contributed by atoms with van der Waals surface area (Å²) in [5.74, 6) is -1.07. The standard InChI is InChI=1S/C10H11N3O2/c1-5-2-3-6-7(4-5)12-13-9(6)8(11)10(14)15/h2-4,8H,11H2,1H3,(H,12,13)(H,14,15). The van der Waals surface area contributed by atoms with Crippen LogP contribution in [-0.4, -0.2) is 21.3 Å². The summed E-state index contributed by atoms with van der Waals surface area (Å²) in [6.45, 7) is 1.95. The number of aryl methyl sites for hydroxylation is 1. The highest BCUT2D eigenvalue weighted by Gasteiger charge is 2.19. The number of aliphatic carboxylic acids is 1. The third-order valence-electron chi connectivity index (χ3n) is 2.32. The van der Waals surface area contributed by atoms with Gasteiger partial charge in [-0.25, -0.2) is 0 Å². The molecule has 1 aromatic heterocycles. The Hall–Kier alpha value is -1.88. The van der Waals surface area contributed by atoms with Gasteiger partial charge in [-0.15, -0.1) is 0 Å². The summed E-state index contributed by atoms with van der Waals surface area (Å²) < 4.78 is 0. The first-order chi connectivity index (χ1) is 7.09. The molecule has 0 saturated carbocycles. The molecule has 15 heavy (non-hydrogen) atoms. The van der Waals surface area contributed by atoms with Crippen LogP contribution in [0.1, 0.15) is 17.3 Å². The summed E-state index contributed by atoms with van der Waals surface area (Å²) in [5.41, 5.74) is 7.77. The fourth-order valence-electron chi connectivity index (χ4n) is 1.50. The van der Waals surface area contributed by atoms with Crippen molar-refractivity contribution in [2.45, 2.75) is 13.0 Å². The van der Waals surface area contributed by atoms with Gasteiger partial charge in [0.1, 0.15) is 6.04 Å². The maximum Gasteiger partial charge on any atom is 0.326 e. The van der Waals surface area contributed by atoms with Crippen LogP contribution in [0.3, 0.4) is 0 Å². The van der Waals surface area contributed by atoms with Gasteiger partial charge >= 0.3 is 5.97 Å². The van der Waals surface area contributed by atoms with E-state index in [0.29, 0.717) is 5.69 Å². The summed E-state index contributed by atoms with van der Waals surface area (Å²) in [4.78, 5) is 10.7. The van der Waals surface area contributed by atoms with Gasteiger partial charge in [-0.2, -0.15) is 5.10 Å². The SMILES string of the molecule is Cc1ccc2c(C(N)C(=O)O)[nH]nc2c1. The van der Waals surface area contributed by atoms with E-state index in [9.17, 15) is 4.79 Å². The molecule has 1 atom stereocenters. The highest BCUT2D eigenvalue weighted by atomic mass is 16.4. The predicted octanol–water partition coefficient (Wildman–Crippen LogP) is 0.956. The molecular formula is C10H11N3O2. The van der Waals surface area contributed by atoms with Crippen LogP contribution in [0, 0.1) is 6.92 Å². The molecule has 1 aromatic carbocycles. The van der Waals surface area contributed by atoms with Crippen LogP contribution >= 0.6 is 0 Å². The number of carboxylic acids is 1. The van der Waals surface area contributed by atoms with Gasteiger partial charge in [0.25, 0.3) is 0 Å². The molecule has 0 radical (unpaired) electrons. The number of aromatic nitrogens is 2. The molecule has 0 aliphatic heterocycles. The van der Waals surface area contributed by atoms with Crippen molar-refractivity contribution < 1.29 is 9.90 Å². The smallest absolute Gasteiger partial charge is 0.326 e. The fraction of sp³-hybridized carbons (Fsp3) is 0.200. The largest absolute Gasteiger partial charge is 0.480 e. The van der Waals surface area contributed by atoms with Gasteiger partial charge in [0, 0.05) is 5.39 Å². The Bertz CT molecular complexity index is 518. The third kappa shape index (κ3) is 1.57. The lowest BCUT2D eigenvalue weighted by Gasteiger charge is -2.03. The van der Waals surface area contributed by atoms with Crippen molar-refractivity contribution in [1.82, 2.24) is 10.2 Å². The van der Waals surface area contributed by atoms with E-state index in [1.54, 1.807) is 0 Å². The van der Waals surface area contributed by atoms with Crippen molar-refractivity contribution in [3.8, 4) is 0 Å². The molecule has 1 heterocycles. The van der Waals surface area contributed by atoms with Crippen molar-refractivity contribution in [2.24, 2.45) is 5.73 Å². The normalized spacial score (nSPS) is 12.9. The number of nitrogens with zero attached hydrogens (tertiary/aromatic N) is 1. The maximum atomic E-state index is 10.7. The molecule has 0 fully saturated rings. The molecule has 1 unspecified atom stereocenters. The summed E-state index contributed by atoms with van der Waals surface area (Å²) >= 11 is 0. The minimum Gasteiger partial charge on any atom is -0.480 e. The number of H-pyrrole nitrogens is 1. The van der Waals surface area contributed by atoms with Crippen molar-refractivity contribution in [3.63, 3.8) is 0 Å². The van der Waals surface area contributed by atoms with E-state index >= 15 is 0 Å². The molecule has 2 aromatic rings. The second kappa shape index (κ2) is 3.36. The van der Waals surface area contributed by atoms with Crippen LogP contribution in [0.5, 0.6) is 0 Å². The second-order valence-electron chi connectivity index (χ2n) is 3.47. The summed E-state index contributed by atoms with van der Waals surface area (Å²) in [6.07, 6.45) is 0. The number of nitrogens with one attached hydrogen (secondary N) is 1. The number of benzene rings is 1. The Morgan fingerprint density at radius 3 is 3.00 bits per heavy atom. The first-order valence-electron chi connectivity index (χ1n) is 4.52. The lowest BCUT2D eigenvalue weighted by atomic mass is 10.1. The van der Waals surface area contributed by atoms with E-state index in [1.807, 2.05) is 25.1 Å². The van der Waals surface area contributed by atoms with E-state index < -0.39 is 12.0 Å². The number of aromatic amines is 1. The van der Waals surface area contributed by atoms with Crippen LogP contribution in [0.2, 0.25) is 0 Å². The quantitative estimate of drug-likeness (QED) is 0.680. The van der Waals surface area contributed by atoms with E-state index in [0.717, 1.165) is 16.5 Å². The van der Waals surface area contributed by atoms with Crippen molar-refractivity contribution in [1.29, 1.82) is 0 Å². The number of fused-ring (bicyclic) bond motifs is 1. The highest BCUT2D eigenvalue weighted by molar-refractivity contribution is 5.87. The first kappa shape index (κ1) is 9.67. The Morgan fingerprint density at radius 1 is 1.60 bits per heavy atom. The molecule has 5 heteroatoms. The average molecular weight is 205 g/mol. The number of carboxylic acid groups (broad SMARTS) is 1. The maximum absolute atomic E-state index is 10.7. The van der Waals surface area contributed by atoms with Gasteiger partial charge in [0.15, 0.2) is 0 Å². The van der Waals surface area contributed by atoms with E-state index in [4.69, 9.17) is 10.8 Å². The Labute approximate surface area is 85.9 Å². The van der Waals surface area contributed by atoms with Crippen LogP contribution in [0.15, 0.2) is 18.2 Å². The van der Waals surface area contributed by atoms with Crippen molar-refractivity contribution >= 4 is 16.9 Å². The lowest BCUT2D eigenvalue weighted by molar-refractivity contribution is -0.138. The number of carbonyl (C=O) groups is 1. The minimum absolute atomic E-state index is 0.442. The highest BCUT2D eigenvalue weighted by Crippen LogP contribution is 2.21. The van der Waals surface area contributed by atoms with Crippen molar-refractivity contribution in [3.05, 3.63) is 29.5 Å². The van der Waals surface area contributed by atoms with Gasteiger partial charge in [-0.3, -0.25) is 9.89 Å². The van der Waals surface area contributed by atoms with Gasteiger partial charge in [-0.1, -0.05) is 12.1 Å². The van der Waals surface area contributed by atoms with E-state index in [1.165, 1.54) is 0 Å². The van der Waals surface area contributed by atoms with Gasteiger partial charge < -0.3 is 10.8 Å². The molecule has 2 rings (SSSR count). The zero-order valence-electron chi connectivity index (χ0n) is 8.19. The molecule has 78 valence electrons. The number of hydrogen-bond donors (Lipinski definition) is 3. The molecule has 0 saturated heterocycles. The summed E-state index contributed by atoms with van der Waals surface area (Å²) in [6, 6.07) is 4.55. The molecule has 5 nitrogen and oxygen atoms in total. The van der Waals surface area contributed by atoms with E-state index in [2.05, 4.69) is 10.2 Å². The predicted molar refractivity (Wildman–Crippen MR) is 55.4 cm³/mol. The lowest BCUT2D eigenvalue weighted by Crippen LogP contribution is -2.21. The van der Waals surface area contributed by atoms with Gasteiger partial charge in [0.2, 0.25) is 0 Å². The molecule has 0 spiro atoms. The first-order valence-corrected chi connectivity index (χ1v) is 4.52. The van der Waals surface area contributed by atoms with Crippen LogP contribution in [0.25, 0.3) is 10.9 Å². The zero-order valence-corrected chi connectivity index (χ0v) is 8.19.